The highest BCUT2D eigenvalue weighted by Gasteiger charge is 2.26. The predicted molar refractivity (Wildman–Crippen MR) is 112 cm³/mol. The van der Waals surface area contributed by atoms with E-state index in [1.54, 1.807) is 19.3 Å². The molecule has 2 N–H and O–H groups in total. The van der Waals surface area contributed by atoms with E-state index in [2.05, 4.69) is 20.3 Å². The number of anilines is 1. The normalized spacial score (nSPS) is 15.2. The third-order valence-electron chi connectivity index (χ3n) is 5.45. The molecule has 5 rings (SSSR count). The first-order chi connectivity index (χ1) is 14.9. The average molecular weight is 420 g/mol. The Morgan fingerprint density at radius 1 is 1.23 bits per heavy atom. The second-order valence-electron chi connectivity index (χ2n) is 7.54. The van der Waals surface area contributed by atoms with Crippen LogP contribution in [0, 0.1) is 5.82 Å². The Bertz CT molecular complexity index is 1300. The maximum absolute atomic E-state index is 14.2. The number of nitrogens with zero attached hydrogens (tertiary/aromatic N) is 5. The van der Waals surface area contributed by atoms with Crippen LogP contribution in [0.3, 0.4) is 0 Å². The summed E-state index contributed by atoms with van der Waals surface area (Å²) in [6.45, 7) is 3.84. The number of ether oxygens (including phenoxy) is 1. The van der Waals surface area contributed by atoms with Crippen LogP contribution >= 0.6 is 0 Å². The highest BCUT2D eigenvalue weighted by molar-refractivity contribution is 5.73. The lowest BCUT2D eigenvalue weighted by molar-refractivity contribution is 0.227. The molecule has 158 valence electrons. The van der Waals surface area contributed by atoms with Gasteiger partial charge < -0.3 is 15.0 Å². The third-order valence-corrected chi connectivity index (χ3v) is 5.45. The van der Waals surface area contributed by atoms with Crippen molar-refractivity contribution in [3.05, 3.63) is 59.0 Å². The molecule has 0 fully saturated rings. The smallest absolute Gasteiger partial charge is 0.166 e. The topological polar surface area (TPSA) is 105 Å². The molecule has 31 heavy (non-hydrogen) atoms. The molecular formula is C22H21FN6O2. The van der Waals surface area contributed by atoms with Crippen LogP contribution in [0.5, 0.6) is 5.75 Å². The summed E-state index contributed by atoms with van der Waals surface area (Å²) in [4.78, 5) is 5.82. The number of rotatable bonds is 1. The fraction of sp³-hybridized carbons (Fsp3) is 0.273. The first-order valence-electron chi connectivity index (χ1n) is 10.0. The quantitative estimate of drug-likeness (QED) is 0.498. The van der Waals surface area contributed by atoms with Crippen LogP contribution in [-0.4, -0.2) is 25.1 Å². The second-order valence-corrected chi connectivity index (χ2v) is 7.54. The first-order valence-corrected chi connectivity index (χ1v) is 10.0. The van der Waals surface area contributed by atoms with E-state index >= 15 is 0 Å². The lowest BCUT2D eigenvalue weighted by atomic mass is 9.95. The summed E-state index contributed by atoms with van der Waals surface area (Å²) >= 11 is 0. The van der Waals surface area contributed by atoms with Gasteiger partial charge in [0.2, 0.25) is 0 Å². The summed E-state index contributed by atoms with van der Waals surface area (Å²) in [5, 5.41) is 13.4. The Hall–Kier alpha value is -3.75. The van der Waals surface area contributed by atoms with E-state index in [0.717, 1.165) is 22.5 Å². The van der Waals surface area contributed by atoms with Crippen molar-refractivity contribution in [1.29, 1.82) is 0 Å². The highest BCUT2D eigenvalue weighted by atomic mass is 19.1. The van der Waals surface area contributed by atoms with Crippen molar-refractivity contribution in [2.75, 3.05) is 5.73 Å². The number of hydrogen-bond acceptors (Lipinski definition) is 7. The lowest BCUT2D eigenvalue weighted by Crippen LogP contribution is -2.09. The van der Waals surface area contributed by atoms with Gasteiger partial charge in [0.15, 0.2) is 11.6 Å². The maximum atomic E-state index is 14.2. The summed E-state index contributed by atoms with van der Waals surface area (Å²) < 4.78 is 26.0. The number of aryl methyl sites for hydroxylation is 2. The molecule has 0 saturated heterocycles. The molecule has 4 heterocycles. The number of nitrogen functional groups attached to an aromatic ring is 1. The van der Waals surface area contributed by atoms with E-state index in [-0.39, 0.29) is 11.6 Å². The monoisotopic (exact) mass is 420 g/mol. The van der Waals surface area contributed by atoms with Gasteiger partial charge in [0.05, 0.1) is 11.4 Å². The molecule has 9 heteroatoms. The number of halogens is 1. The van der Waals surface area contributed by atoms with E-state index in [4.69, 9.17) is 15.0 Å². The summed E-state index contributed by atoms with van der Waals surface area (Å²) in [6, 6.07) is 6.38. The molecule has 0 aliphatic carbocycles. The van der Waals surface area contributed by atoms with Crippen LogP contribution in [0.25, 0.3) is 22.4 Å². The van der Waals surface area contributed by atoms with Crippen LogP contribution in [0.2, 0.25) is 0 Å². The largest absolute Gasteiger partial charge is 0.482 e. The van der Waals surface area contributed by atoms with Crippen molar-refractivity contribution in [2.45, 2.75) is 32.8 Å². The fourth-order valence-electron chi connectivity index (χ4n) is 4.01. The van der Waals surface area contributed by atoms with Crippen molar-refractivity contribution in [1.82, 2.24) is 25.1 Å². The molecule has 8 nitrogen and oxygen atoms in total. The minimum absolute atomic E-state index is 0.252. The molecule has 1 atom stereocenters. The molecule has 0 amide bonds. The van der Waals surface area contributed by atoms with E-state index in [1.165, 1.54) is 16.9 Å². The van der Waals surface area contributed by atoms with Crippen molar-refractivity contribution in [3.63, 3.8) is 0 Å². The third kappa shape index (κ3) is 3.22. The van der Waals surface area contributed by atoms with Gasteiger partial charge in [0.25, 0.3) is 0 Å². The van der Waals surface area contributed by atoms with Crippen molar-refractivity contribution in [3.8, 4) is 28.1 Å². The number of aromatic nitrogens is 5. The minimum atomic E-state index is -0.507. The summed E-state index contributed by atoms with van der Waals surface area (Å²) in [5.41, 5.74) is 11.2. The van der Waals surface area contributed by atoms with Gasteiger partial charge in [0, 0.05) is 48.3 Å². The van der Waals surface area contributed by atoms with E-state index < -0.39 is 6.10 Å². The van der Waals surface area contributed by atoms with Crippen LogP contribution in [0.1, 0.15) is 42.7 Å². The van der Waals surface area contributed by atoms with Crippen LogP contribution in [-0.2, 0) is 19.9 Å². The van der Waals surface area contributed by atoms with E-state index in [0.29, 0.717) is 41.2 Å². The summed E-state index contributed by atoms with van der Waals surface area (Å²) in [5.74, 6) is 1.04. The molecule has 2 bridgehead atoms. The molecule has 0 saturated carbocycles. The zero-order chi connectivity index (χ0) is 21.7. The Morgan fingerprint density at radius 2 is 2.06 bits per heavy atom. The molecule has 3 aromatic heterocycles. The van der Waals surface area contributed by atoms with Crippen molar-refractivity contribution < 1.29 is 13.7 Å². The number of hydrogen-bond donors (Lipinski definition) is 1. The number of fused-ring (bicyclic) bond motifs is 7. The minimum Gasteiger partial charge on any atom is -0.482 e. The fourth-order valence-corrected chi connectivity index (χ4v) is 4.01. The zero-order valence-electron chi connectivity index (χ0n) is 17.4. The molecule has 0 spiro atoms. The Balaban J connectivity index is 1.81. The first kappa shape index (κ1) is 19.2. The van der Waals surface area contributed by atoms with Gasteiger partial charge in [-0.15, -0.1) is 0 Å². The van der Waals surface area contributed by atoms with Gasteiger partial charge in [-0.3, -0.25) is 0 Å². The molecule has 1 aromatic carbocycles. The predicted octanol–water partition coefficient (Wildman–Crippen LogP) is 3.86. The standard InChI is InChI=1S/C22H21FN6O2/c1-4-18-20-12-7-19(22(24)25-10-12)30-11(2)15-8-13(23)5-6-14(15)21-17(26-29(3)27-21)9-16(20)28-31-18/h5-8,10-11H,4,9H2,1-3H3,(H2,24,25). The number of pyridine rings is 1. The van der Waals surface area contributed by atoms with Crippen molar-refractivity contribution in [2.24, 2.45) is 7.05 Å². The molecule has 1 aliphatic rings. The van der Waals surface area contributed by atoms with Gasteiger partial charge in [0.1, 0.15) is 23.4 Å². The average Bonchev–Trinajstić information content (AvgIpc) is 3.32. The van der Waals surface area contributed by atoms with Crippen molar-refractivity contribution >= 4 is 5.82 Å². The van der Waals surface area contributed by atoms with Crippen LogP contribution in [0.4, 0.5) is 10.2 Å². The molecule has 4 aromatic rings. The van der Waals surface area contributed by atoms with Gasteiger partial charge in [-0.05, 0) is 31.2 Å². The molecule has 1 aliphatic heterocycles. The van der Waals surface area contributed by atoms with Crippen LogP contribution in [0.15, 0.2) is 35.0 Å². The molecular weight excluding hydrogens is 399 g/mol. The highest BCUT2D eigenvalue weighted by Crippen LogP contribution is 2.38. The lowest BCUT2D eigenvalue weighted by Gasteiger charge is -2.20. The molecule has 1 unspecified atom stereocenters. The number of nitrogens with two attached hydrogens (primary N) is 1. The Labute approximate surface area is 177 Å². The summed E-state index contributed by atoms with van der Waals surface area (Å²) in [7, 11) is 1.75. The SMILES string of the molecule is CCc1onc2c1-c1cnc(N)c(c1)OC(C)c1cc(F)ccc1-c1nn(C)nc1C2. The van der Waals surface area contributed by atoms with E-state index in [9.17, 15) is 4.39 Å². The Kier molecular flexibility index (Phi) is 4.46. The maximum Gasteiger partial charge on any atom is 0.166 e. The van der Waals surface area contributed by atoms with Crippen LogP contribution < -0.4 is 10.5 Å². The Morgan fingerprint density at radius 3 is 2.87 bits per heavy atom. The van der Waals surface area contributed by atoms with Gasteiger partial charge in [-0.25, -0.2) is 9.37 Å². The van der Waals surface area contributed by atoms with E-state index in [1.807, 2.05) is 19.9 Å². The van der Waals surface area contributed by atoms with Gasteiger partial charge in [-0.2, -0.15) is 15.0 Å². The van der Waals surface area contributed by atoms with Gasteiger partial charge in [-0.1, -0.05) is 12.1 Å². The van der Waals surface area contributed by atoms with Gasteiger partial charge >= 0.3 is 0 Å². The number of benzene rings is 1. The zero-order valence-corrected chi connectivity index (χ0v) is 17.4. The second kappa shape index (κ2) is 7.19. The molecule has 0 radical (unpaired) electrons. The summed E-state index contributed by atoms with van der Waals surface area (Å²) in [6.07, 6.45) is 2.23.